The third-order valence-electron chi connectivity index (χ3n) is 7.32. The Hall–Kier alpha value is 1.04. The van der Waals surface area contributed by atoms with Crippen molar-refractivity contribution >= 4 is 7.92 Å². The molecule has 4 rings (SSSR count). The SMILES string of the molecule is C1CCC(P(C2CCCCC2)C2CCCCC2)CC1.CCO.[CH]1[CH]CC[CH][CH]CC1.[Ir]. The second kappa shape index (κ2) is 20.4. The fourth-order valence-electron chi connectivity index (χ4n) is 5.89. The first-order valence-electron chi connectivity index (χ1n) is 13.5. The minimum atomic E-state index is 0. The molecule has 0 unspecified atom stereocenters. The molecule has 0 saturated heterocycles. The summed E-state index contributed by atoms with van der Waals surface area (Å²) >= 11 is 0. The Balaban J connectivity index is 0.000000336. The van der Waals surface area contributed by atoms with Crippen molar-refractivity contribution in [1.29, 1.82) is 0 Å². The van der Waals surface area contributed by atoms with Crippen LogP contribution in [-0.2, 0) is 20.1 Å². The van der Waals surface area contributed by atoms with Gasteiger partial charge in [0, 0.05) is 26.7 Å². The third kappa shape index (κ3) is 12.9. The van der Waals surface area contributed by atoms with E-state index in [1.807, 2.05) is 0 Å². The monoisotopic (exact) mass is 627 g/mol. The first-order valence-corrected chi connectivity index (χ1v) is 15.1. The van der Waals surface area contributed by atoms with Gasteiger partial charge in [-0.05, 0) is 114 Å². The molecule has 0 amide bonds. The Morgan fingerprint density at radius 1 is 0.548 bits per heavy atom. The molecule has 1 nitrogen and oxygen atoms in total. The molecule has 0 aromatic rings. The van der Waals surface area contributed by atoms with Crippen molar-refractivity contribution in [3.8, 4) is 0 Å². The molecule has 1 N–H and O–H groups in total. The van der Waals surface area contributed by atoms with Crippen molar-refractivity contribution in [3.63, 3.8) is 0 Å². The van der Waals surface area contributed by atoms with Gasteiger partial charge in [0.2, 0.25) is 0 Å². The summed E-state index contributed by atoms with van der Waals surface area (Å²) in [5.41, 5.74) is 3.57. The minimum Gasteiger partial charge on any atom is -0.397 e. The zero-order valence-electron chi connectivity index (χ0n) is 20.4. The zero-order valence-corrected chi connectivity index (χ0v) is 23.7. The summed E-state index contributed by atoms with van der Waals surface area (Å²) in [4.78, 5) is 0. The molecule has 0 spiro atoms. The zero-order chi connectivity index (χ0) is 21.3. The van der Waals surface area contributed by atoms with Gasteiger partial charge >= 0.3 is 0 Å². The van der Waals surface area contributed by atoms with Gasteiger partial charge in [-0.15, -0.1) is 0 Å². The van der Waals surface area contributed by atoms with Gasteiger partial charge in [-0.1, -0.05) is 65.7 Å². The Morgan fingerprint density at radius 3 is 1.00 bits per heavy atom. The van der Waals surface area contributed by atoms with Crippen LogP contribution in [0.15, 0.2) is 0 Å². The maximum atomic E-state index is 7.57. The van der Waals surface area contributed by atoms with Crippen molar-refractivity contribution in [2.75, 3.05) is 6.61 Å². The van der Waals surface area contributed by atoms with Crippen LogP contribution in [0, 0.1) is 25.7 Å². The van der Waals surface area contributed by atoms with E-state index < -0.39 is 0 Å². The molecule has 0 heterocycles. The maximum Gasteiger partial charge on any atom is 0.0402 e. The van der Waals surface area contributed by atoms with Crippen molar-refractivity contribution in [1.82, 2.24) is 0 Å². The third-order valence-corrected chi connectivity index (χ3v) is 11.4. The van der Waals surface area contributed by atoms with Gasteiger partial charge in [-0.3, -0.25) is 0 Å². The van der Waals surface area contributed by atoms with Crippen molar-refractivity contribution in [3.05, 3.63) is 25.7 Å². The summed E-state index contributed by atoms with van der Waals surface area (Å²) in [5.74, 6) is 0. The van der Waals surface area contributed by atoms with Crippen LogP contribution in [0.3, 0.4) is 0 Å². The number of rotatable bonds is 3. The smallest absolute Gasteiger partial charge is 0.0402 e. The van der Waals surface area contributed by atoms with E-state index in [1.54, 1.807) is 84.0 Å². The predicted molar refractivity (Wildman–Crippen MR) is 136 cm³/mol. The molecule has 4 aliphatic rings. The van der Waals surface area contributed by atoms with E-state index in [1.165, 1.54) is 61.9 Å². The standard InChI is InChI=1S/C18H33P.C8H12.C2H6O.Ir/c1-4-10-16(11-5-1)19(17-12-6-2-7-13-17)18-14-8-3-9-15-18;1-2-4-6-8-7-5-3-1;1-2-3;/h16-18H,1-15H2;1-2,7-8H,3-6H2;3H,2H2,1H3;. The second-order valence-corrected chi connectivity index (χ2v) is 12.8. The van der Waals surface area contributed by atoms with Crippen LogP contribution < -0.4 is 0 Å². The molecular formula is C28H51IrOP. The van der Waals surface area contributed by atoms with Crippen LogP contribution >= 0.6 is 7.92 Å². The molecule has 4 aliphatic carbocycles. The first-order chi connectivity index (χ1) is 14.9. The summed E-state index contributed by atoms with van der Waals surface area (Å²) in [5, 5.41) is 7.57. The van der Waals surface area contributed by atoms with Crippen molar-refractivity contribution in [2.45, 2.75) is 146 Å². The predicted octanol–water partition coefficient (Wildman–Crippen LogP) is 8.84. The van der Waals surface area contributed by atoms with E-state index in [-0.39, 0.29) is 26.7 Å². The topological polar surface area (TPSA) is 20.2 Å². The Morgan fingerprint density at radius 2 is 0.774 bits per heavy atom. The van der Waals surface area contributed by atoms with E-state index in [2.05, 4.69) is 25.7 Å². The van der Waals surface area contributed by atoms with Crippen LogP contribution in [0.2, 0.25) is 0 Å². The average Bonchev–Trinajstić information content (AvgIpc) is 2.77. The van der Waals surface area contributed by atoms with Crippen LogP contribution in [0.4, 0.5) is 0 Å². The maximum absolute atomic E-state index is 7.57. The Bertz CT molecular complexity index is 306. The number of aliphatic hydroxyl groups excluding tert-OH is 1. The summed E-state index contributed by atoms with van der Waals surface area (Å²) in [7, 11) is 0.385. The molecule has 0 aromatic carbocycles. The van der Waals surface area contributed by atoms with Gasteiger partial charge in [0.25, 0.3) is 0 Å². The van der Waals surface area contributed by atoms with E-state index >= 15 is 0 Å². The van der Waals surface area contributed by atoms with Crippen LogP contribution in [0.1, 0.15) is 129 Å². The summed E-state index contributed by atoms with van der Waals surface area (Å²) in [6.07, 6.45) is 37.6. The fraction of sp³-hybridized carbons (Fsp3) is 0.857. The summed E-state index contributed by atoms with van der Waals surface area (Å²) < 4.78 is 0. The van der Waals surface area contributed by atoms with Crippen molar-refractivity contribution < 1.29 is 25.2 Å². The van der Waals surface area contributed by atoms with E-state index in [4.69, 9.17) is 5.11 Å². The van der Waals surface area contributed by atoms with Gasteiger partial charge < -0.3 is 5.11 Å². The molecule has 4 saturated carbocycles. The van der Waals surface area contributed by atoms with Gasteiger partial charge in [-0.2, -0.15) is 0 Å². The van der Waals surface area contributed by atoms with Gasteiger partial charge in [0.1, 0.15) is 0 Å². The summed E-state index contributed by atoms with van der Waals surface area (Å²) in [6.45, 7) is 1.93. The number of hydrogen-bond acceptors (Lipinski definition) is 1. The molecule has 0 aromatic heterocycles. The Kier molecular flexibility index (Phi) is 19.8. The van der Waals surface area contributed by atoms with Gasteiger partial charge in [-0.25, -0.2) is 0 Å². The normalized spacial score (nSPS) is 24.5. The average molecular weight is 627 g/mol. The molecule has 0 atom stereocenters. The molecular weight excluding hydrogens is 575 g/mol. The molecule has 5 radical (unpaired) electrons. The Labute approximate surface area is 210 Å². The van der Waals surface area contributed by atoms with Gasteiger partial charge in [0.05, 0.1) is 0 Å². The first kappa shape index (κ1) is 30.1. The van der Waals surface area contributed by atoms with Crippen molar-refractivity contribution in [2.24, 2.45) is 0 Å². The minimum absolute atomic E-state index is 0. The van der Waals surface area contributed by atoms with Crippen LogP contribution in [-0.4, -0.2) is 28.7 Å². The summed E-state index contributed by atoms with van der Waals surface area (Å²) in [6, 6.07) is 0. The van der Waals surface area contributed by atoms with Crippen LogP contribution in [0.25, 0.3) is 0 Å². The van der Waals surface area contributed by atoms with E-state index in [0.717, 1.165) is 0 Å². The molecule has 3 heteroatoms. The quantitative estimate of drug-likeness (QED) is 0.311. The number of aliphatic hydroxyl groups is 1. The van der Waals surface area contributed by atoms with E-state index in [0.29, 0.717) is 7.92 Å². The molecule has 0 aliphatic heterocycles. The van der Waals surface area contributed by atoms with Crippen LogP contribution in [0.5, 0.6) is 0 Å². The van der Waals surface area contributed by atoms with Gasteiger partial charge in [0.15, 0.2) is 0 Å². The number of hydrogen-bond donors (Lipinski definition) is 1. The molecule has 31 heavy (non-hydrogen) atoms. The molecule has 4 fully saturated rings. The second-order valence-electron chi connectivity index (χ2n) is 9.74. The largest absolute Gasteiger partial charge is 0.397 e. The van der Waals surface area contributed by atoms with E-state index in [9.17, 15) is 0 Å². The fourth-order valence-corrected chi connectivity index (χ4v) is 10.6. The molecule has 183 valence electrons. The molecule has 0 bridgehead atoms.